The number of primary amides is 1. The Kier molecular flexibility index (Phi) is 5.53. The van der Waals surface area contributed by atoms with Crippen molar-refractivity contribution in [2.45, 2.75) is 19.4 Å². The molecule has 0 aliphatic heterocycles. The summed E-state index contributed by atoms with van der Waals surface area (Å²) in [5.41, 5.74) is 9.13. The maximum absolute atomic E-state index is 11.8. The van der Waals surface area contributed by atoms with E-state index in [-0.39, 0.29) is 18.9 Å². The third-order valence-corrected chi connectivity index (χ3v) is 4.09. The molecular formula is C20H21N3O3. The van der Waals surface area contributed by atoms with Crippen molar-refractivity contribution in [2.75, 3.05) is 6.54 Å². The molecule has 2 aromatic carbocycles. The summed E-state index contributed by atoms with van der Waals surface area (Å²) in [5.74, 6) is -0.357. The molecule has 134 valence electrons. The lowest BCUT2D eigenvalue weighted by Gasteiger charge is -2.07. The van der Waals surface area contributed by atoms with Crippen molar-refractivity contribution in [2.24, 2.45) is 5.73 Å². The normalized spacial score (nSPS) is 10.6. The quantitative estimate of drug-likeness (QED) is 0.610. The van der Waals surface area contributed by atoms with Gasteiger partial charge in [0.2, 0.25) is 5.91 Å². The number of carbonyl (C=O) groups is 2. The summed E-state index contributed by atoms with van der Waals surface area (Å²) in [6.45, 7) is 0.705. The monoisotopic (exact) mass is 351 g/mol. The van der Waals surface area contributed by atoms with Gasteiger partial charge in [-0.2, -0.15) is 0 Å². The van der Waals surface area contributed by atoms with Gasteiger partial charge in [-0.1, -0.05) is 36.4 Å². The van der Waals surface area contributed by atoms with E-state index in [1.54, 1.807) is 0 Å². The molecule has 3 rings (SSSR count). The van der Waals surface area contributed by atoms with Gasteiger partial charge >= 0.3 is 6.09 Å². The highest BCUT2D eigenvalue weighted by atomic mass is 16.5. The number of H-pyrrole nitrogens is 1. The zero-order chi connectivity index (χ0) is 18.4. The van der Waals surface area contributed by atoms with Crippen molar-refractivity contribution in [3.05, 3.63) is 71.4 Å². The van der Waals surface area contributed by atoms with E-state index in [1.165, 1.54) is 0 Å². The van der Waals surface area contributed by atoms with Gasteiger partial charge in [-0.25, -0.2) is 4.79 Å². The van der Waals surface area contributed by atoms with E-state index in [0.29, 0.717) is 13.0 Å². The van der Waals surface area contributed by atoms with Gasteiger partial charge in [0.05, 0.1) is 6.42 Å². The van der Waals surface area contributed by atoms with Gasteiger partial charge in [0.1, 0.15) is 6.61 Å². The van der Waals surface area contributed by atoms with Gasteiger partial charge in [-0.05, 0) is 35.2 Å². The SMILES string of the molecule is NC(=O)Cc1ccc2[nH]cc(CCNC(=O)OCc3ccccc3)c2c1. The van der Waals surface area contributed by atoms with Gasteiger partial charge in [-0.3, -0.25) is 4.79 Å². The number of carbonyl (C=O) groups excluding carboxylic acids is 2. The maximum atomic E-state index is 11.8. The number of nitrogens with two attached hydrogens (primary N) is 1. The average Bonchev–Trinajstić information content (AvgIpc) is 3.03. The van der Waals surface area contributed by atoms with Gasteiger partial charge in [0.15, 0.2) is 0 Å². The van der Waals surface area contributed by atoms with Crippen LogP contribution in [-0.4, -0.2) is 23.5 Å². The van der Waals surface area contributed by atoms with Crippen LogP contribution in [0.5, 0.6) is 0 Å². The lowest BCUT2D eigenvalue weighted by atomic mass is 10.1. The second-order valence-electron chi connectivity index (χ2n) is 6.08. The van der Waals surface area contributed by atoms with Crippen LogP contribution in [0.15, 0.2) is 54.7 Å². The number of fused-ring (bicyclic) bond motifs is 1. The summed E-state index contributed by atoms with van der Waals surface area (Å²) in [7, 11) is 0. The largest absolute Gasteiger partial charge is 0.445 e. The minimum Gasteiger partial charge on any atom is -0.445 e. The van der Waals surface area contributed by atoms with E-state index in [4.69, 9.17) is 10.5 Å². The van der Waals surface area contributed by atoms with Crippen LogP contribution in [0, 0.1) is 0 Å². The molecule has 26 heavy (non-hydrogen) atoms. The van der Waals surface area contributed by atoms with Crippen LogP contribution in [0.25, 0.3) is 10.9 Å². The van der Waals surface area contributed by atoms with E-state index in [2.05, 4.69) is 10.3 Å². The lowest BCUT2D eigenvalue weighted by Crippen LogP contribution is -2.26. The number of aromatic nitrogens is 1. The second-order valence-corrected chi connectivity index (χ2v) is 6.08. The zero-order valence-electron chi connectivity index (χ0n) is 14.3. The smallest absolute Gasteiger partial charge is 0.407 e. The van der Waals surface area contributed by atoms with Crippen molar-refractivity contribution >= 4 is 22.9 Å². The van der Waals surface area contributed by atoms with Crippen molar-refractivity contribution in [3.8, 4) is 0 Å². The molecule has 2 amide bonds. The fraction of sp³-hybridized carbons (Fsp3) is 0.200. The lowest BCUT2D eigenvalue weighted by molar-refractivity contribution is -0.117. The molecule has 6 heteroatoms. The molecule has 0 aliphatic rings. The van der Waals surface area contributed by atoms with Crippen molar-refractivity contribution in [1.82, 2.24) is 10.3 Å². The number of alkyl carbamates (subject to hydrolysis) is 1. The summed E-state index contributed by atoms with van der Waals surface area (Å²) in [6, 6.07) is 15.3. The molecule has 4 N–H and O–H groups in total. The third kappa shape index (κ3) is 4.63. The van der Waals surface area contributed by atoms with Crippen LogP contribution in [0.3, 0.4) is 0 Å². The highest BCUT2D eigenvalue weighted by Gasteiger charge is 2.08. The predicted molar refractivity (Wildman–Crippen MR) is 99.5 cm³/mol. The average molecular weight is 351 g/mol. The van der Waals surface area contributed by atoms with Crippen molar-refractivity contribution < 1.29 is 14.3 Å². The fourth-order valence-corrected chi connectivity index (χ4v) is 2.82. The standard InChI is InChI=1S/C20H21N3O3/c21-19(24)11-15-6-7-18-17(10-15)16(12-23-18)8-9-22-20(25)26-13-14-4-2-1-3-5-14/h1-7,10,12,23H,8-9,11,13H2,(H2,21,24)(H,22,25). The first-order chi connectivity index (χ1) is 12.6. The van der Waals surface area contributed by atoms with Crippen LogP contribution < -0.4 is 11.1 Å². The van der Waals surface area contributed by atoms with E-state index in [0.717, 1.165) is 27.6 Å². The Balaban J connectivity index is 1.52. The molecule has 0 saturated heterocycles. The Labute approximate surface area is 151 Å². The predicted octanol–water partition coefficient (Wildman–Crippen LogP) is 2.66. The van der Waals surface area contributed by atoms with Gasteiger partial charge in [0, 0.05) is 23.6 Å². The number of rotatable bonds is 7. The second kappa shape index (κ2) is 8.20. The Hall–Kier alpha value is -3.28. The van der Waals surface area contributed by atoms with Crippen molar-refractivity contribution in [1.29, 1.82) is 0 Å². The Morgan fingerprint density at radius 1 is 1.08 bits per heavy atom. The number of nitrogens with one attached hydrogen (secondary N) is 2. The minimum absolute atomic E-state index is 0.213. The summed E-state index contributed by atoms with van der Waals surface area (Å²) in [5, 5.41) is 3.78. The molecule has 0 atom stereocenters. The molecule has 0 bridgehead atoms. The fourth-order valence-electron chi connectivity index (χ4n) is 2.82. The minimum atomic E-state index is -0.442. The molecule has 0 saturated carbocycles. The molecule has 0 fully saturated rings. The Morgan fingerprint density at radius 3 is 2.65 bits per heavy atom. The number of hydrogen-bond donors (Lipinski definition) is 3. The van der Waals surface area contributed by atoms with Crippen LogP contribution in [0.1, 0.15) is 16.7 Å². The number of amides is 2. The zero-order valence-corrected chi connectivity index (χ0v) is 14.3. The van der Waals surface area contributed by atoms with E-state index in [9.17, 15) is 9.59 Å². The first kappa shape index (κ1) is 17.5. The van der Waals surface area contributed by atoms with Gasteiger partial charge in [-0.15, -0.1) is 0 Å². The highest BCUT2D eigenvalue weighted by molar-refractivity contribution is 5.85. The molecule has 6 nitrogen and oxygen atoms in total. The Bertz CT molecular complexity index is 903. The first-order valence-corrected chi connectivity index (χ1v) is 8.43. The topological polar surface area (TPSA) is 97.2 Å². The third-order valence-electron chi connectivity index (χ3n) is 4.09. The van der Waals surface area contributed by atoms with Crippen LogP contribution in [0.2, 0.25) is 0 Å². The Morgan fingerprint density at radius 2 is 1.88 bits per heavy atom. The van der Waals surface area contributed by atoms with Crippen LogP contribution >= 0.6 is 0 Å². The van der Waals surface area contributed by atoms with Crippen LogP contribution in [-0.2, 0) is 29.0 Å². The number of hydrogen-bond acceptors (Lipinski definition) is 3. The summed E-state index contributed by atoms with van der Waals surface area (Å²) >= 11 is 0. The number of aromatic amines is 1. The molecule has 0 spiro atoms. The molecule has 1 aromatic heterocycles. The summed E-state index contributed by atoms with van der Waals surface area (Å²) in [6.07, 6.45) is 2.34. The molecule has 1 heterocycles. The molecule has 0 aliphatic carbocycles. The molecule has 0 unspecified atom stereocenters. The molecular weight excluding hydrogens is 330 g/mol. The van der Waals surface area contributed by atoms with Crippen molar-refractivity contribution in [3.63, 3.8) is 0 Å². The van der Waals surface area contributed by atoms with Crippen LogP contribution in [0.4, 0.5) is 4.79 Å². The highest BCUT2D eigenvalue weighted by Crippen LogP contribution is 2.20. The number of benzene rings is 2. The summed E-state index contributed by atoms with van der Waals surface area (Å²) < 4.78 is 5.19. The number of ether oxygens (including phenoxy) is 1. The van der Waals surface area contributed by atoms with E-state index < -0.39 is 6.09 Å². The van der Waals surface area contributed by atoms with E-state index >= 15 is 0 Å². The van der Waals surface area contributed by atoms with E-state index in [1.807, 2.05) is 54.7 Å². The maximum Gasteiger partial charge on any atom is 0.407 e. The molecule has 0 radical (unpaired) electrons. The van der Waals surface area contributed by atoms with Gasteiger partial charge < -0.3 is 20.8 Å². The molecule has 3 aromatic rings. The summed E-state index contributed by atoms with van der Waals surface area (Å²) in [4.78, 5) is 26.1. The first-order valence-electron chi connectivity index (χ1n) is 8.43. The van der Waals surface area contributed by atoms with Gasteiger partial charge in [0.25, 0.3) is 0 Å².